The minimum absolute atomic E-state index is 0.183. The van der Waals surface area contributed by atoms with Gasteiger partial charge in [0, 0.05) is 13.5 Å². The van der Waals surface area contributed by atoms with Crippen LogP contribution in [0, 0.1) is 0 Å². The van der Waals surface area contributed by atoms with Crippen LogP contribution < -0.4 is 0 Å². The minimum Gasteiger partial charge on any atom is -0.464 e. The van der Waals surface area contributed by atoms with E-state index in [1.165, 1.54) is 12.5 Å². The average Bonchev–Trinajstić information content (AvgIpc) is 2.42. The molecule has 0 N–H and O–H groups in total. The zero-order chi connectivity index (χ0) is 16.3. The quantitative estimate of drug-likeness (QED) is 0.788. The number of fused-ring (bicyclic) bond motifs is 1. The number of hydrogen-bond donors (Lipinski definition) is 0. The molecule has 0 unspecified atom stereocenters. The molecule has 120 valence electrons. The zero-order valence-corrected chi connectivity index (χ0v) is 13.6. The summed E-state index contributed by atoms with van der Waals surface area (Å²) in [7, 11) is 0. The predicted molar refractivity (Wildman–Crippen MR) is 82.3 cm³/mol. The van der Waals surface area contributed by atoms with Crippen molar-refractivity contribution in [3.05, 3.63) is 35.4 Å². The Balaban J connectivity index is 2.19. The van der Waals surface area contributed by atoms with Gasteiger partial charge in [-0.05, 0) is 38.3 Å². The third-order valence-corrected chi connectivity index (χ3v) is 3.46. The summed E-state index contributed by atoms with van der Waals surface area (Å²) in [4.78, 5) is 25.2. The predicted octanol–water partition coefficient (Wildman–Crippen LogP) is 2.91. The Morgan fingerprint density at radius 2 is 1.86 bits per heavy atom. The molecular formula is C17H23NO4. The maximum absolute atomic E-state index is 12.4. The van der Waals surface area contributed by atoms with Gasteiger partial charge in [-0.25, -0.2) is 4.79 Å². The van der Waals surface area contributed by atoms with Crippen LogP contribution in [0.4, 0.5) is 4.79 Å². The van der Waals surface area contributed by atoms with Crippen LogP contribution >= 0.6 is 0 Å². The molecule has 0 saturated heterocycles. The third-order valence-electron chi connectivity index (χ3n) is 3.46. The van der Waals surface area contributed by atoms with E-state index in [2.05, 4.69) is 0 Å². The Labute approximate surface area is 131 Å². The Kier molecular flexibility index (Phi) is 4.74. The minimum atomic E-state index is -0.556. The highest BCUT2D eigenvalue weighted by Gasteiger charge is 2.33. The van der Waals surface area contributed by atoms with Crippen molar-refractivity contribution in [3.8, 4) is 0 Å². The van der Waals surface area contributed by atoms with Crippen molar-refractivity contribution in [3.63, 3.8) is 0 Å². The molecule has 0 aromatic heterocycles. The number of ether oxygens (including phenoxy) is 2. The molecule has 22 heavy (non-hydrogen) atoms. The van der Waals surface area contributed by atoms with Gasteiger partial charge in [-0.1, -0.05) is 24.3 Å². The standard InChI is InChI=1S/C17H23NO4/c1-12(19)21-11-15-9-13-7-5-6-8-14(13)10-18(15)16(20)22-17(2,3)4/h5-8,15H,9-11H2,1-4H3/t15-/m0/s1. The highest BCUT2D eigenvalue weighted by Crippen LogP contribution is 2.25. The largest absolute Gasteiger partial charge is 0.464 e. The molecule has 0 bridgehead atoms. The van der Waals surface area contributed by atoms with Crippen molar-refractivity contribution in [2.45, 2.75) is 52.3 Å². The highest BCUT2D eigenvalue weighted by molar-refractivity contribution is 5.69. The van der Waals surface area contributed by atoms with Gasteiger partial charge in [-0.3, -0.25) is 9.69 Å². The van der Waals surface area contributed by atoms with E-state index < -0.39 is 5.60 Å². The molecule has 5 nitrogen and oxygen atoms in total. The fourth-order valence-electron chi connectivity index (χ4n) is 2.48. The first-order valence-corrected chi connectivity index (χ1v) is 7.46. The third kappa shape index (κ3) is 4.23. The van der Waals surface area contributed by atoms with E-state index in [9.17, 15) is 9.59 Å². The van der Waals surface area contributed by atoms with Crippen LogP contribution in [-0.4, -0.2) is 35.2 Å². The summed E-state index contributed by atoms with van der Waals surface area (Å²) in [5.74, 6) is -0.344. The van der Waals surface area contributed by atoms with Gasteiger partial charge in [0.2, 0.25) is 0 Å². The number of carbonyl (C=O) groups excluding carboxylic acids is 2. The smallest absolute Gasteiger partial charge is 0.410 e. The Morgan fingerprint density at radius 1 is 1.23 bits per heavy atom. The summed E-state index contributed by atoms with van der Waals surface area (Å²) in [5.41, 5.74) is 1.73. The molecule has 1 atom stereocenters. The van der Waals surface area contributed by atoms with Crippen molar-refractivity contribution in [1.29, 1.82) is 0 Å². The van der Waals surface area contributed by atoms with Crippen molar-refractivity contribution < 1.29 is 19.1 Å². The Hall–Kier alpha value is -2.04. The summed E-state index contributed by atoms with van der Waals surface area (Å²) < 4.78 is 10.6. The van der Waals surface area contributed by atoms with E-state index in [1.807, 2.05) is 45.0 Å². The molecule has 1 aliphatic heterocycles. The van der Waals surface area contributed by atoms with Crippen molar-refractivity contribution in [2.75, 3.05) is 6.61 Å². The number of benzene rings is 1. The number of rotatable bonds is 2. The van der Waals surface area contributed by atoms with Crippen LogP contribution in [0.15, 0.2) is 24.3 Å². The average molecular weight is 305 g/mol. The van der Waals surface area contributed by atoms with Crippen molar-refractivity contribution >= 4 is 12.1 Å². The lowest BCUT2D eigenvalue weighted by Gasteiger charge is -2.37. The van der Waals surface area contributed by atoms with E-state index in [4.69, 9.17) is 9.47 Å². The summed E-state index contributed by atoms with van der Waals surface area (Å²) in [5, 5.41) is 0. The SMILES string of the molecule is CC(=O)OC[C@@H]1Cc2ccccc2CN1C(=O)OC(C)(C)C. The molecule has 0 spiro atoms. The van der Waals surface area contributed by atoms with E-state index in [-0.39, 0.29) is 24.7 Å². The van der Waals surface area contributed by atoms with Crippen LogP contribution in [0.5, 0.6) is 0 Å². The number of amides is 1. The monoisotopic (exact) mass is 305 g/mol. The number of hydrogen-bond acceptors (Lipinski definition) is 4. The molecule has 1 heterocycles. The Bertz CT molecular complexity index is 562. The first kappa shape index (κ1) is 16.3. The van der Waals surface area contributed by atoms with Gasteiger partial charge in [-0.15, -0.1) is 0 Å². The van der Waals surface area contributed by atoms with Gasteiger partial charge in [0.25, 0.3) is 0 Å². The molecule has 0 fully saturated rings. The first-order valence-electron chi connectivity index (χ1n) is 7.46. The fourth-order valence-corrected chi connectivity index (χ4v) is 2.48. The van der Waals surface area contributed by atoms with E-state index in [1.54, 1.807) is 4.90 Å². The van der Waals surface area contributed by atoms with Gasteiger partial charge >= 0.3 is 12.1 Å². The lowest BCUT2D eigenvalue weighted by molar-refractivity contribution is -0.143. The van der Waals surface area contributed by atoms with Crippen molar-refractivity contribution in [2.24, 2.45) is 0 Å². The second-order valence-electron chi connectivity index (χ2n) is 6.54. The molecule has 0 aliphatic carbocycles. The molecule has 0 radical (unpaired) electrons. The maximum Gasteiger partial charge on any atom is 0.410 e. The van der Waals surface area contributed by atoms with E-state index in [0.29, 0.717) is 13.0 Å². The van der Waals surface area contributed by atoms with Gasteiger partial charge in [0.1, 0.15) is 12.2 Å². The zero-order valence-electron chi connectivity index (χ0n) is 13.6. The number of carbonyl (C=O) groups is 2. The normalized spacial score (nSPS) is 17.6. The van der Waals surface area contributed by atoms with Crippen LogP contribution in [0.25, 0.3) is 0 Å². The molecule has 1 amide bonds. The fraction of sp³-hybridized carbons (Fsp3) is 0.529. The molecule has 1 aliphatic rings. The molecule has 0 saturated carbocycles. The number of esters is 1. The molecule has 2 rings (SSSR count). The van der Waals surface area contributed by atoms with Crippen LogP contribution in [0.3, 0.4) is 0 Å². The Morgan fingerprint density at radius 3 is 2.45 bits per heavy atom. The van der Waals surface area contributed by atoms with Gasteiger partial charge < -0.3 is 9.47 Å². The van der Waals surface area contributed by atoms with E-state index in [0.717, 1.165) is 5.56 Å². The summed E-state index contributed by atoms with van der Waals surface area (Å²) in [6.45, 7) is 7.53. The van der Waals surface area contributed by atoms with Gasteiger partial charge in [0.05, 0.1) is 6.04 Å². The van der Waals surface area contributed by atoms with Crippen molar-refractivity contribution in [1.82, 2.24) is 4.90 Å². The maximum atomic E-state index is 12.4. The van der Waals surface area contributed by atoms with Gasteiger partial charge in [-0.2, -0.15) is 0 Å². The molecule has 5 heteroatoms. The topological polar surface area (TPSA) is 55.8 Å². The second kappa shape index (κ2) is 6.38. The lowest BCUT2D eigenvalue weighted by Crippen LogP contribution is -2.48. The first-order chi connectivity index (χ1) is 10.3. The van der Waals surface area contributed by atoms with Crippen LogP contribution in [0.2, 0.25) is 0 Å². The number of nitrogens with zero attached hydrogens (tertiary/aromatic N) is 1. The summed E-state index contributed by atoms with van der Waals surface area (Å²) in [6, 6.07) is 7.79. The van der Waals surface area contributed by atoms with E-state index >= 15 is 0 Å². The molecule has 1 aromatic carbocycles. The van der Waals surface area contributed by atoms with Gasteiger partial charge in [0.15, 0.2) is 0 Å². The molecule has 1 aromatic rings. The lowest BCUT2D eigenvalue weighted by atomic mass is 9.94. The molecular weight excluding hydrogens is 282 g/mol. The summed E-state index contributed by atoms with van der Waals surface area (Å²) >= 11 is 0. The summed E-state index contributed by atoms with van der Waals surface area (Å²) in [6.07, 6.45) is 0.280. The second-order valence-corrected chi connectivity index (χ2v) is 6.54. The van der Waals surface area contributed by atoms with Crippen LogP contribution in [-0.2, 0) is 27.2 Å². The van der Waals surface area contributed by atoms with Crippen LogP contribution in [0.1, 0.15) is 38.8 Å². The highest BCUT2D eigenvalue weighted by atomic mass is 16.6.